The summed E-state index contributed by atoms with van der Waals surface area (Å²) in [7, 11) is 0. The van der Waals surface area contributed by atoms with Gasteiger partial charge in [-0.3, -0.25) is 0 Å². The van der Waals surface area contributed by atoms with Crippen LogP contribution in [0, 0.1) is 0 Å². The summed E-state index contributed by atoms with van der Waals surface area (Å²) in [5.41, 5.74) is 0. The SMILES string of the molecule is [2H]N1C=CN([2H])C([2H])([2H])C1([2H])[2H]. The Hall–Kier alpha value is -0.660. The molecule has 0 bridgehead atoms. The van der Waals surface area contributed by atoms with E-state index >= 15 is 0 Å². The number of hydrogen-bond acceptors (Lipinski definition) is 2. The van der Waals surface area contributed by atoms with Crippen LogP contribution in [0.15, 0.2) is 12.4 Å². The second kappa shape index (κ2) is 1.70. The van der Waals surface area contributed by atoms with Crippen LogP contribution in [0.3, 0.4) is 0 Å². The summed E-state index contributed by atoms with van der Waals surface area (Å²) in [4.78, 5) is 0. The highest BCUT2D eigenvalue weighted by Crippen LogP contribution is 1.67. The van der Waals surface area contributed by atoms with Crippen LogP contribution in [0.2, 0.25) is 2.82 Å². The molecule has 34 valence electrons. The van der Waals surface area contributed by atoms with Gasteiger partial charge in [0.15, 0.2) is 2.82 Å². The highest BCUT2D eigenvalue weighted by Gasteiger charge is 1.81. The molecule has 2 N–H and O–H groups in total. The van der Waals surface area contributed by atoms with Gasteiger partial charge >= 0.3 is 0 Å². The average Bonchev–Trinajstić information content (AvgIpc) is 1.96. The quantitative estimate of drug-likeness (QED) is 0.425. The van der Waals surface area contributed by atoms with Crippen molar-refractivity contribution in [2.24, 2.45) is 0 Å². The zero-order chi connectivity index (χ0) is 9.57. The van der Waals surface area contributed by atoms with Crippen molar-refractivity contribution in [3.8, 4) is 0 Å². The van der Waals surface area contributed by atoms with Crippen molar-refractivity contribution in [1.29, 1.82) is 0 Å². The second-order valence-corrected chi connectivity index (χ2v) is 0.780. The van der Waals surface area contributed by atoms with E-state index in [1.165, 1.54) is 0 Å². The molecule has 0 radical (unpaired) electrons. The summed E-state index contributed by atoms with van der Waals surface area (Å²) in [6.07, 6.45) is 1.99. The summed E-state index contributed by atoms with van der Waals surface area (Å²) in [5.74, 6) is 0. The summed E-state index contributed by atoms with van der Waals surface area (Å²) in [6, 6.07) is 0. The normalized spacial score (nSPS) is 53.3. The molecule has 6 heavy (non-hydrogen) atoms. The number of rotatable bonds is 0. The Morgan fingerprint density at radius 1 is 1.50 bits per heavy atom. The first kappa shape index (κ1) is 0.782. The lowest BCUT2D eigenvalue weighted by Gasteiger charge is -2.05. The van der Waals surface area contributed by atoms with Crippen LogP contribution in [0.4, 0.5) is 0 Å². The van der Waals surface area contributed by atoms with E-state index in [1.807, 2.05) is 0 Å². The van der Waals surface area contributed by atoms with Gasteiger partial charge in [-0.2, -0.15) is 0 Å². The zero-order valence-corrected chi connectivity index (χ0v) is 3.05. The molecule has 1 heterocycles. The largest absolute Gasteiger partial charge is 0.388 e. The first-order valence-electron chi connectivity index (χ1n) is 4.44. The molecular formula is C4H8N2. The van der Waals surface area contributed by atoms with Crippen molar-refractivity contribution in [3.63, 3.8) is 0 Å². The van der Waals surface area contributed by atoms with E-state index < -0.39 is 13.0 Å². The molecule has 0 saturated carbocycles. The molecule has 0 aromatic carbocycles. The smallest absolute Gasteiger partial charge is 0.160 e. The molecule has 0 saturated heterocycles. The van der Waals surface area contributed by atoms with Crippen LogP contribution >= 0.6 is 0 Å². The summed E-state index contributed by atoms with van der Waals surface area (Å²) in [6.45, 7) is -5.02. The van der Waals surface area contributed by atoms with Crippen LogP contribution in [0.5, 0.6) is 0 Å². The van der Waals surface area contributed by atoms with E-state index in [9.17, 15) is 0 Å². The van der Waals surface area contributed by atoms with Crippen LogP contribution in [0.25, 0.3) is 0 Å². The molecule has 0 aliphatic carbocycles. The highest BCUT2D eigenvalue weighted by atomic mass is 15.0. The van der Waals surface area contributed by atoms with E-state index in [1.54, 1.807) is 0 Å². The molecule has 1 aliphatic heterocycles. The van der Waals surface area contributed by atoms with Crippen molar-refractivity contribution < 1.29 is 8.31 Å². The minimum atomic E-state index is -2.51. The Balaban J connectivity index is 3.07. The van der Waals surface area contributed by atoms with Gasteiger partial charge < -0.3 is 10.6 Å². The van der Waals surface area contributed by atoms with Gasteiger partial charge in [-0.05, 0) is 0 Å². The van der Waals surface area contributed by atoms with E-state index in [2.05, 4.69) is 0 Å². The monoisotopic (exact) mass is 90.1 g/mol. The number of hydrogen-bond donors (Lipinski definition) is 2. The Labute approximate surface area is 45.8 Å². The lowest BCUT2D eigenvalue weighted by molar-refractivity contribution is 0.723. The van der Waals surface area contributed by atoms with Gasteiger partial charge in [-0.25, -0.2) is 0 Å². The van der Waals surface area contributed by atoms with Crippen LogP contribution in [0.1, 0.15) is 5.48 Å². The zero-order valence-electron chi connectivity index (χ0n) is 9.05. The van der Waals surface area contributed by atoms with Gasteiger partial charge in [0, 0.05) is 25.4 Å². The minimum absolute atomic E-state index is 0.359. The molecule has 2 heteroatoms. The lowest BCUT2D eigenvalue weighted by atomic mass is 10.5. The fourth-order valence-electron chi connectivity index (χ4n) is 0.199. The topological polar surface area (TPSA) is 24.1 Å². The molecule has 1 aliphatic rings. The van der Waals surface area contributed by atoms with Gasteiger partial charge in [-0.1, -0.05) is 0 Å². The molecule has 0 aromatic heterocycles. The summed E-state index contributed by atoms with van der Waals surface area (Å²) >= 11 is 0. The molecule has 0 amide bonds. The third-order valence-corrected chi connectivity index (χ3v) is 0.395. The van der Waals surface area contributed by atoms with Crippen LogP contribution < -0.4 is 10.6 Å². The Morgan fingerprint density at radius 3 is 2.50 bits per heavy atom. The molecule has 0 atom stereocenters. The minimum Gasteiger partial charge on any atom is -0.388 e. The molecule has 0 aromatic rings. The average molecular weight is 90.2 g/mol. The molecule has 0 unspecified atom stereocenters. The van der Waals surface area contributed by atoms with Crippen molar-refractivity contribution in [2.45, 2.75) is 0 Å². The molecule has 2 nitrogen and oxygen atoms in total. The second-order valence-electron chi connectivity index (χ2n) is 0.780. The fourth-order valence-corrected chi connectivity index (χ4v) is 0.199. The van der Waals surface area contributed by atoms with Crippen molar-refractivity contribution in [3.05, 3.63) is 12.4 Å². The van der Waals surface area contributed by atoms with E-state index in [0.29, 0.717) is 10.6 Å². The van der Waals surface area contributed by atoms with Gasteiger partial charge in [0.25, 0.3) is 0 Å². The molecule has 0 spiro atoms. The standard InChI is InChI=1S/C4H8N2/c1-2-6-4-3-5-1/h1-2,5-6H,3-4H2/i3D2,4D2/hD2. The van der Waals surface area contributed by atoms with Crippen LogP contribution in [-0.2, 0) is 0 Å². The van der Waals surface area contributed by atoms with Crippen molar-refractivity contribution in [1.82, 2.24) is 10.6 Å². The van der Waals surface area contributed by atoms with Crippen molar-refractivity contribution in [2.75, 3.05) is 13.0 Å². The highest BCUT2D eigenvalue weighted by molar-refractivity contribution is 4.81. The predicted octanol–water partition coefficient (Wildman–Crippen LogP) is -0.350. The van der Waals surface area contributed by atoms with E-state index in [0.717, 1.165) is 12.4 Å². The maximum absolute atomic E-state index is 7.18. The lowest BCUT2D eigenvalue weighted by Crippen LogP contribution is -2.25. The third kappa shape index (κ3) is 0.641. The first-order chi connectivity index (χ1) is 5.30. The van der Waals surface area contributed by atoms with E-state index in [4.69, 9.17) is 8.31 Å². The maximum Gasteiger partial charge on any atom is 0.160 e. The third-order valence-electron chi connectivity index (χ3n) is 0.395. The molecule has 0 fully saturated rings. The van der Waals surface area contributed by atoms with Gasteiger partial charge in [0.05, 0.1) is 5.48 Å². The molecular weight excluding hydrogens is 76.1 g/mol. The van der Waals surface area contributed by atoms with Crippen LogP contribution in [-0.4, -0.2) is 13.0 Å². The number of nitrogens with one attached hydrogen (secondary N) is 2. The van der Waals surface area contributed by atoms with Gasteiger partial charge in [0.2, 0.25) is 0 Å². The van der Waals surface area contributed by atoms with Gasteiger partial charge in [-0.15, -0.1) is 0 Å². The molecule has 1 rings (SSSR count). The Morgan fingerprint density at radius 2 is 2.00 bits per heavy atom. The fraction of sp³-hybridized carbons (Fsp3) is 0.500. The van der Waals surface area contributed by atoms with E-state index in [-0.39, 0.29) is 0 Å². The van der Waals surface area contributed by atoms with Crippen molar-refractivity contribution >= 4 is 0 Å². The van der Waals surface area contributed by atoms with Gasteiger partial charge in [0.1, 0.15) is 0 Å². The maximum atomic E-state index is 7.18. The predicted molar refractivity (Wildman–Crippen MR) is 25.1 cm³/mol. The Bertz CT molecular complexity index is 192. The Kier molecular flexibility index (Phi) is 0.221. The summed E-state index contributed by atoms with van der Waals surface area (Å²) < 4.78 is 42.8. The first-order valence-corrected chi connectivity index (χ1v) is 1.55. The summed E-state index contributed by atoms with van der Waals surface area (Å²) in [5, 5.41) is 0.718.